The van der Waals surface area contributed by atoms with Crippen LogP contribution in [-0.4, -0.2) is 23.6 Å². The van der Waals surface area contributed by atoms with E-state index in [-0.39, 0.29) is 17.3 Å². The molecular weight excluding hydrogens is 408 g/mol. The first-order chi connectivity index (χ1) is 15.3. The smallest absolute Gasteiger partial charge is 0.339 e. The van der Waals surface area contributed by atoms with Gasteiger partial charge >= 0.3 is 5.97 Å². The minimum Gasteiger partial charge on any atom is -0.444 e. The molecule has 2 amide bonds. The summed E-state index contributed by atoms with van der Waals surface area (Å²) in [5, 5.41) is 5.32. The zero-order valence-corrected chi connectivity index (χ0v) is 17.6. The number of ketones is 1. The summed E-state index contributed by atoms with van der Waals surface area (Å²) in [6.45, 7) is 2.82. The third-order valence-corrected chi connectivity index (χ3v) is 4.54. The number of nitrogens with one attached hydrogen (secondary N) is 2. The third kappa shape index (κ3) is 5.89. The lowest BCUT2D eigenvalue weighted by molar-refractivity contribution is -0.125. The maximum absolute atomic E-state index is 13.0. The van der Waals surface area contributed by atoms with Gasteiger partial charge in [0.05, 0.1) is 5.56 Å². The SMILES string of the molecule is CC(=O)Nc1ccc(C(=O)OC(C(=O)Nc2cccc(C(C)=O)c2)c2ccccc2)cc1. The van der Waals surface area contributed by atoms with Crippen molar-refractivity contribution in [3.05, 3.63) is 95.6 Å². The highest BCUT2D eigenvalue weighted by molar-refractivity contribution is 6.00. The fourth-order valence-corrected chi connectivity index (χ4v) is 2.99. The Morgan fingerprint density at radius 1 is 0.719 bits per heavy atom. The molecule has 0 aliphatic heterocycles. The van der Waals surface area contributed by atoms with Gasteiger partial charge in [0, 0.05) is 29.4 Å². The Morgan fingerprint density at radius 2 is 1.41 bits per heavy atom. The summed E-state index contributed by atoms with van der Waals surface area (Å²) in [6, 6.07) is 21.3. The normalized spacial score (nSPS) is 11.2. The highest BCUT2D eigenvalue weighted by atomic mass is 16.5. The molecule has 0 bridgehead atoms. The van der Waals surface area contributed by atoms with Crippen LogP contribution < -0.4 is 10.6 Å². The number of carbonyl (C=O) groups is 4. The zero-order valence-electron chi connectivity index (χ0n) is 17.6. The molecule has 0 aromatic heterocycles. The maximum Gasteiger partial charge on any atom is 0.339 e. The molecule has 1 atom stereocenters. The molecule has 0 spiro atoms. The number of Topliss-reactive ketones (excluding diaryl/α,β-unsaturated/α-hetero) is 1. The highest BCUT2D eigenvalue weighted by Gasteiger charge is 2.26. The van der Waals surface area contributed by atoms with Gasteiger partial charge in [-0.05, 0) is 43.3 Å². The van der Waals surface area contributed by atoms with Gasteiger partial charge in [0.25, 0.3) is 5.91 Å². The molecule has 3 rings (SSSR count). The topological polar surface area (TPSA) is 102 Å². The summed E-state index contributed by atoms with van der Waals surface area (Å²) in [4.78, 5) is 48.5. The Hall–Kier alpha value is -4.26. The molecular formula is C25H22N2O5. The summed E-state index contributed by atoms with van der Waals surface area (Å²) < 4.78 is 5.55. The van der Waals surface area contributed by atoms with Crippen molar-refractivity contribution in [3.63, 3.8) is 0 Å². The summed E-state index contributed by atoms with van der Waals surface area (Å²) in [5.74, 6) is -1.61. The summed E-state index contributed by atoms with van der Waals surface area (Å²) in [5.41, 5.74) is 2.13. The molecule has 0 saturated carbocycles. The first-order valence-electron chi connectivity index (χ1n) is 9.89. The lowest BCUT2D eigenvalue weighted by Crippen LogP contribution is -2.26. The minimum absolute atomic E-state index is 0.130. The molecule has 7 heteroatoms. The van der Waals surface area contributed by atoms with E-state index >= 15 is 0 Å². The van der Waals surface area contributed by atoms with Gasteiger partial charge in [-0.1, -0.05) is 42.5 Å². The molecule has 0 aliphatic rings. The van der Waals surface area contributed by atoms with Crippen LogP contribution in [0.2, 0.25) is 0 Å². The van der Waals surface area contributed by atoms with Crippen LogP contribution in [0.4, 0.5) is 11.4 Å². The molecule has 3 aromatic rings. The summed E-state index contributed by atoms with van der Waals surface area (Å²) in [7, 11) is 0. The van der Waals surface area contributed by atoms with E-state index in [1.165, 1.54) is 26.0 Å². The van der Waals surface area contributed by atoms with Crippen LogP contribution in [0.5, 0.6) is 0 Å². The first-order valence-corrected chi connectivity index (χ1v) is 9.89. The second kappa shape index (κ2) is 10.2. The Kier molecular flexibility index (Phi) is 7.13. The number of hydrogen-bond acceptors (Lipinski definition) is 5. The summed E-state index contributed by atoms with van der Waals surface area (Å²) >= 11 is 0. The second-order valence-corrected chi connectivity index (χ2v) is 7.08. The number of carbonyl (C=O) groups excluding carboxylic acids is 4. The average Bonchev–Trinajstić information content (AvgIpc) is 2.78. The van der Waals surface area contributed by atoms with E-state index in [4.69, 9.17) is 4.74 Å². The fourth-order valence-electron chi connectivity index (χ4n) is 2.99. The number of anilines is 2. The van der Waals surface area contributed by atoms with Crippen LogP contribution in [0, 0.1) is 0 Å². The number of esters is 1. The van der Waals surface area contributed by atoms with Crippen molar-refractivity contribution >= 4 is 34.9 Å². The Morgan fingerprint density at radius 3 is 2.03 bits per heavy atom. The molecule has 0 fully saturated rings. The molecule has 0 heterocycles. The molecule has 0 radical (unpaired) electrons. The lowest BCUT2D eigenvalue weighted by Gasteiger charge is -2.18. The van der Waals surface area contributed by atoms with E-state index in [1.54, 1.807) is 66.7 Å². The Bertz CT molecular complexity index is 1140. The van der Waals surface area contributed by atoms with Crippen molar-refractivity contribution in [1.29, 1.82) is 0 Å². The number of ether oxygens (including phenoxy) is 1. The first kappa shape index (κ1) is 22.4. The van der Waals surface area contributed by atoms with E-state index < -0.39 is 18.0 Å². The van der Waals surface area contributed by atoms with Gasteiger partial charge in [0.1, 0.15) is 0 Å². The van der Waals surface area contributed by atoms with Crippen LogP contribution >= 0.6 is 0 Å². The predicted molar refractivity (Wildman–Crippen MR) is 120 cm³/mol. The van der Waals surface area contributed by atoms with Crippen LogP contribution in [0.15, 0.2) is 78.9 Å². The van der Waals surface area contributed by atoms with E-state index in [1.807, 2.05) is 0 Å². The van der Waals surface area contributed by atoms with Crippen molar-refractivity contribution in [2.45, 2.75) is 20.0 Å². The number of benzene rings is 3. The van der Waals surface area contributed by atoms with E-state index in [0.29, 0.717) is 22.5 Å². The van der Waals surface area contributed by atoms with Gasteiger partial charge in [0.2, 0.25) is 12.0 Å². The maximum atomic E-state index is 13.0. The fraction of sp³-hybridized carbons (Fsp3) is 0.120. The standard InChI is InChI=1S/C25H22N2O5/c1-16(28)20-9-6-10-22(15-20)27-24(30)23(18-7-4-3-5-8-18)32-25(31)19-11-13-21(14-12-19)26-17(2)29/h3-15,23H,1-2H3,(H,26,29)(H,27,30). The monoisotopic (exact) mass is 430 g/mol. The van der Waals surface area contributed by atoms with E-state index in [0.717, 1.165) is 0 Å². The van der Waals surface area contributed by atoms with Crippen molar-refractivity contribution in [2.75, 3.05) is 10.6 Å². The minimum atomic E-state index is -1.21. The van der Waals surface area contributed by atoms with Crippen LogP contribution in [0.3, 0.4) is 0 Å². The quantitative estimate of drug-likeness (QED) is 0.428. The predicted octanol–water partition coefficient (Wildman–Crippen LogP) is 4.38. The van der Waals surface area contributed by atoms with Gasteiger partial charge in [-0.25, -0.2) is 4.79 Å². The van der Waals surface area contributed by atoms with Crippen molar-refractivity contribution in [1.82, 2.24) is 0 Å². The Balaban J connectivity index is 1.81. The van der Waals surface area contributed by atoms with Crippen LogP contribution in [-0.2, 0) is 14.3 Å². The van der Waals surface area contributed by atoms with Crippen molar-refractivity contribution in [2.24, 2.45) is 0 Å². The van der Waals surface area contributed by atoms with E-state index in [2.05, 4.69) is 10.6 Å². The number of rotatable bonds is 7. The van der Waals surface area contributed by atoms with Gasteiger partial charge in [-0.3, -0.25) is 14.4 Å². The molecule has 162 valence electrons. The number of hydrogen-bond donors (Lipinski definition) is 2. The Labute approximate surface area is 185 Å². The largest absolute Gasteiger partial charge is 0.444 e. The second-order valence-electron chi connectivity index (χ2n) is 7.08. The van der Waals surface area contributed by atoms with Gasteiger partial charge in [-0.15, -0.1) is 0 Å². The zero-order chi connectivity index (χ0) is 23.1. The van der Waals surface area contributed by atoms with Crippen molar-refractivity contribution < 1.29 is 23.9 Å². The molecule has 7 nitrogen and oxygen atoms in total. The highest BCUT2D eigenvalue weighted by Crippen LogP contribution is 2.23. The molecule has 0 saturated heterocycles. The molecule has 3 aromatic carbocycles. The molecule has 2 N–H and O–H groups in total. The van der Waals surface area contributed by atoms with Crippen LogP contribution in [0.25, 0.3) is 0 Å². The van der Waals surface area contributed by atoms with Crippen LogP contribution in [0.1, 0.15) is 46.2 Å². The molecule has 32 heavy (non-hydrogen) atoms. The van der Waals surface area contributed by atoms with Gasteiger partial charge in [0.15, 0.2) is 5.78 Å². The van der Waals surface area contributed by atoms with Gasteiger partial charge in [-0.2, -0.15) is 0 Å². The van der Waals surface area contributed by atoms with E-state index in [9.17, 15) is 19.2 Å². The molecule has 1 unspecified atom stereocenters. The summed E-state index contributed by atoms with van der Waals surface area (Å²) in [6.07, 6.45) is -1.21. The van der Waals surface area contributed by atoms with Crippen molar-refractivity contribution in [3.8, 4) is 0 Å². The third-order valence-electron chi connectivity index (χ3n) is 4.54. The average molecular weight is 430 g/mol. The lowest BCUT2D eigenvalue weighted by atomic mass is 10.1. The van der Waals surface area contributed by atoms with Gasteiger partial charge < -0.3 is 15.4 Å². The molecule has 0 aliphatic carbocycles. The number of amides is 2.